The van der Waals surface area contributed by atoms with Gasteiger partial charge in [-0.1, -0.05) is 0 Å². The van der Waals surface area contributed by atoms with Crippen LogP contribution in [0.5, 0.6) is 0 Å². The van der Waals surface area contributed by atoms with Gasteiger partial charge in [-0.05, 0) is 51.4 Å². The van der Waals surface area contributed by atoms with Gasteiger partial charge in [0.15, 0.2) is 0 Å². The van der Waals surface area contributed by atoms with Gasteiger partial charge in [0.1, 0.15) is 5.54 Å². The molecular weight excluding hydrogens is 270 g/mol. The van der Waals surface area contributed by atoms with Crippen LogP contribution < -0.4 is 5.32 Å². The molecule has 1 heterocycles. The second kappa shape index (κ2) is 7.56. The van der Waals surface area contributed by atoms with Gasteiger partial charge in [-0.3, -0.25) is 5.32 Å². The summed E-state index contributed by atoms with van der Waals surface area (Å²) in [4.78, 5) is 12.3. The molecule has 0 aromatic rings. The van der Waals surface area contributed by atoms with Crippen LogP contribution in [0.25, 0.3) is 0 Å². The van der Waals surface area contributed by atoms with Crippen LogP contribution >= 0.6 is 0 Å². The lowest BCUT2D eigenvalue weighted by Gasteiger charge is -2.34. The number of ether oxygens (including phenoxy) is 3. The van der Waals surface area contributed by atoms with E-state index in [0.717, 1.165) is 38.9 Å². The Kier molecular flexibility index (Phi) is 6.02. The summed E-state index contributed by atoms with van der Waals surface area (Å²) in [5.74, 6) is 0.695. The van der Waals surface area contributed by atoms with Crippen LogP contribution in [0.15, 0.2) is 0 Å². The minimum atomic E-state index is -0.673. The van der Waals surface area contributed by atoms with E-state index in [9.17, 15) is 4.79 Å². The van der Waals surface area contributed by atoms with Crippen LogP contribution in [0.3, 0.4) is 0 Å². The molecule has 0 aromatic heterocycles. The maximum atomic E-state index is 12.3. The predicted octanol–water partition coefficient (Wildman–Crippen LogP) is 1.75. The van der Waals surface area contributed by atoms with Crippen LogP contribution in [0, 0.1) is 11.8 Å². The second-order valence-electron chi connectivity index (χ2n) is 6.61. The molecule has 2 aliphatic rings. The summed E-state index contributed by atoms with van der Waals surface area (Å²) in [7, 11) is 1.46. The summed E-state index contributed by atoms with van der Waals surface area (Å²) < 4.78 is 16.4. The molecule has 1 aliphatic carbocycles. The highest BCUT2D eigenvalue weighted by Crippen LogP contribution is 2.41. The number of carbonyl (C=O) groups excluding carboxylic acids is 1. The fourth-order valence-corrected chi connectivity index (χ4v) is 3.13. The lowest BCUT2D eigenvalue weighted by atomic mass is 9.93. The Labute approximate surface area is 127 Å². The van der Waals surface area contributed by atoms with E-state index in [2.05, 4.69) is 19.2 Å². The van der Waals surface area contributed by atoms with Crippen LogP contribution in [-0.4, -0.2) is 51.1 Å². The van der Waals surface area contributed by atoms with E-state index in [1.54, 1.807) is 0 Å². The van der Waals surface area contributed by atoms with Crippen molar-refractivity contribution in [2.75, 3.05) is 33.5 Å². The molecule has 5 heteroatoms. The molecule has 5 nitrogen and oxygen atoms in total. The normalized spacial score (nSPS) is 23.0. The van der Waals surface area contributed by atoms with Crippen molar-refractivity contribution in [3.8, 4) is 0 Å². The molecule has 1 atom stereocenters. The summed E-state index contributed by atoms with van der Waals surface area (Å²) in [5.41, 5.74) is -0.673. The standard InChI is InChI=1S/C16H29NO4/c1-12(2)17-16(14-4-5-14,15(18)19-3)11-21-10-13-6-8-20-9-7-13/h12-14,17H,4-11H2,1-3H3. The van der Waals surface area contributed by atoms with Crippen molar-refractivity contribution in [1.29, 1.82) is 0 Å². The Bertz CT molecular complexity index is 337. The molecule has 0 spiro atoms. The SMILES string of the molecule is COC(=O)C(COCC1CCOCC1)(NC(C)C)C1CC1. The van der Waals surface area contributed by atoms with Crippen molar-refractivity contribution in [3.63, 3.8) is 0 Å². The Balaban J connectivity index is 1.92. The molecule has 1 unspecified atom stereocenters. The molecule has 0 bridgehead atoms. The zero-order valence-electron chi connectivity index (χ0n) is 13.5. The van der Waals surface area contributed by atoms with E-state index in [1.165, 1.54) is 7.11 Å². The molecule has 122 valence electrons. The molecule has 21 heavy (non-hydrogen) atoms. The molecule has 2 fully saturated rings. The van der Waals surface area contributed by atoms with Gasteiger partial charge >= 0.3 is 5.97 Å². The van der Waals surface area contributed by atoms with Crippen LogP contribution in [0.1, 0.15) is 39.5 Å². The first-order chi connectivity index (χ1) is 10.1. The average molecular weight is 299 g/mol. The van der Waals surface area contributed by atoms with Gasteiger partial charge < -0.3 is 14.2 Å². The quantitative estimate of drug-likeness (QED) is 0.692. The van der Waals surface area contributed by atoms with Crippen molar-refractivity contribution < 1.29 is 19.0 Å². The Morgan fingerprint density at radius 1 is 1.29 bits per heavy atom. The Hall–Kier alpha value is -0.650. The third kappa shape index (κ3) is 4.41. The van der Waals surface area contributed by atoms with Gasteiger partial charge in [0, 0.05) is 25.9 Å². The molecule has 0 radical (unpaired) electrons. The molecule has 1 saturated carbocycles. The van der Waals surface area contributed by atoms with Crippen molar-refractivity contribution in [1.82, 2.24) is 5.32 Å². The summed E-state index contributed by atoms with van der Waals surface area (Å²) in [6.07, 6.45) is 4.23. The highest BCUT2D eigenvalue weighted by atomic mass is 16.5. The number of methoxy groups -OCH3 is 1. The predicted molar refractivity (Wildman–Crippen MR) is 80.1 cm³/mol. The number of esters is 1. The largest absolute Gasteiger partial charge is 0.468 e. The highest BCUT2D eigenvalue weighted by molar-refractivity contribution is 5.82. The van der Waals surface area contributed by atoms with Gasteiger partial charge in [0.25, 0.3) is 0 Å². The minimum Gasteiger partial charge on any atom is -0.468 e. The third-order valence-corrected chi connectivity index (χ3v) is 4.39. The fraction of sp³-hybridized carbons (Fsp3) is 0.938. The minimum absolute atomic E-state index is 0.189. The van der Waals surface area contributed by atoms with Crippen LogP contribution in [0.2, 0.25) is 0 Å². The monoisotopic (exact) mass is 299 g/mol. The lowest BCUT2D eigenvalue weighted by Crippen LogP contribution is -2.60. The summed E-state index contributed by atoms with van der Waals surface area (Å²) in [6, 6.07) is 0.219. The van der Waals surface area contributed by atoms with Crippen molar-refractivity contribution >= 4 is 5.97 Å². The zero-order valence-corrected chi connectivity index (χ0v) is 13.5. The van der Waals surface area contributed by atoms with Crippen LogP contribution in [-0.2, 0) is 19.0 Å². The first-order valence-corrected chi connectivity index (χ1v) is 8.10. The maximum Gasteiger partial charge on any atom is 0.328 e. The van der Waals surface area contributed by atoms with E-state index in [0.29, 0.717) is 25.0 Å². The molecule has 1 N–H and O–H groups in total. The molecule has 0 amide bonds. The lowest BCUT2D eigenvalue weighted by molar-refractivity contribution is -0.154. The molecule has 1 aliphatic heterocycles. The average Bonchev–Trinajstić information content (AvgIpc) is 3.31. The van der Waals surface area contributed by atoms with Crippen molar-refractivity contribution in [2.24, 2.45) is 11.8 Å². The molecule has 2 rings (SSSR count). The van der Waals surface area contributed by atoms with E-state index >= 15 is 0 Å². The first kappa shape index (κ1) is 16.7. The Morgan fingerprint density at radius 3 is 2.48 bits per heavy atom. The van der Waals surface area contributed by atoms with Crippen LogP contribution in [0.4, 0.5) is 0 Å². The third-order valence-electron chi connectivity index (χ3n) is 4.39. The van der Waals surface area contributed by atoms with Gasteiger partial charge in [0.2, 0.25) is 0 Å². The van der Waals surface area contributed by atoms with Crippen molar-refractivity contribution in [3.05, 3.63) is 0 Å². The molecule has 0 aromatic carbocycles. The summed E-state index contributed by atoms with van der Waals surface area (Å²) in [5, 5.41) is 3.42. The van der Waals surface area contributed by atoms with Gasteiger partial charge in [-0.2, -0.15) is 0 Å². The van der Waals surface area contributed by atoms with Gasteiger partial charge in [0.05, 0.1) is 13.7 Å². The zero-order chi connectivity index (χ0) is 15.3. The fourth-order valence-electron chi connectivity index (χ4n) is 3.13. The number of nitrogens with one attached hydrogen (secondary N) is 1. The summed E-state index contributed by atoms with van der Waals surface area (Å²) >= 11 is 0. The summed E-state index contributed by atoms with van der Waals surface area (Å²) in [6.45, 7) is 6.86. The topological polar surface area (TPSA) is 56.8 Å². The van der Waals surface area contributed by atoms with E-state index in [-0.39, 0.29) is 12.0 Å². The van der Waals surface area contributed by atoms with Crippen molar-refractivity contribution in [2.45, 2.75) is 51.1 Å². The van der Waals surface area contributed by atoms with E-state index < -0.39 is 5.54 Å². The molecule has 1 saturated heterocycles. The van der Waals surface area contributed by atoms with E-state index in [1.807, 2.05) is 0 Å². The number of hydrogen-bond acceptors (Lipinski definition) is 5. The number of rotatable bonds is 8. The van der Waals surface area contributed by atoms with E-state index in [4.69, 9.17) is 14.2 Å². The number of carbonyl (C=O) groups is 1. The first-order valence-electron chi connectivity index (χ1n) is 8.10. The Morgan fingerprint density at radius 2 is 1.95 bits per heavy atom. The maximum absolute atomic E-state index is 12.3. The number of hydrogen-bond donors (Lipinski definition) is 1. The second-order valence-corrected chi connectivity index (χ2v) is 6.61. The molecular formula is C16H29NO4. The smallest absolute Gasteiger partial charge is 0.328 e. The van der Waals surface area contributed by atoms with Gasteiger partial charge in [-0.15, -0.1) is 0 Å². The highest BCUT2D eigenvalue weighted by Gasteiger charge is 2.52. The van der Waals surface area contributed by atoms with Gasteiger partial charge in [-0.25, -0.2) is 4.79 Å².